The van der Waals surface area contributed by atoms with Gasteiger partial charge in [0.15, 0.2) is 4.80 Å². The first-order valence-electron chi connectivity index (χ1n) is 11.1. The third kappa shape index (κ3) is 4.83. The van der Waals surface area contributed by atoms with Crippen LogP contribution in [-0.2, 0) is 9.53 Å². The molecule has 7 nitrogen and oxygen atoms in total. The Bertz CT molecular complexity index is 1490. The molecule has 0 spiro atoms. The van der Waals surface area contributed by atoms with Gasteiger partial charge in [0, 0.05) is 5.56 Å². The zero-order chi connectivity index (χ0) is 25.1. The number of thiazole rings is 1. The van der Waals surface area contributed by atoms with Crippen LogP contribution < -0.4 is 24.4 Å². The lowest BCUT2D eigenvalue weighted by Crippen LogP contribution is -2.40. The number of fused-ring (bicyclic) bond motifs is 1. The number of allylic oxidation sites excluding steroid dienone is 1. The largest absolute Gasteiger partial charge is 0.496 e. The van der Waals surface area contributed by atoms with Gasteiger partial charge in [0.1, 0.15) is 11.5 Å². The fourth-order valence-electron chi connectivity index (χ4n) is 3.99. The molecule has 0 amide bonds. The fraction of sp³-hybridized carbons (Fsp3) is 0.269. The summed E-state index contributed by atoms with van der Waals surface area (Å²) >= 11 is 4.80. The van der Waals surface area contributed by atoms with E-state index in [9.17, 15) is 9.59 Å². The Labute approximate surface area is 215 Å². The van der Waals surface area contributed by atoms with Gasteiger partial charge in [-0.05, 0) is 66.5 Å². The topological polar surface area (TPSA) is 79.1 Å². The number of carbonyl (C=O) groups is 1. The van der Waals surface area contributed by atoms with Crippen molar-refractivity contribution in [2.45, 2.75) is 26.8 Å². The quantitative estimate of drug-likeness (QED) is 0.411. The van der Waals surface area contributed by atoms with Gasteiger partial charge in [-0.3, -0.25) is 9.36 Å². The summed E-state index contributed by atoms with van der Waals surface area (Å²) in [4.78, 5) is 31.9. The zero-order valence-electron chi connectivity index (χ0n) is 19.8. The highest BCUT2D eigenvalue weighted by atomic mass is 79.9. The monoisotopic (exact) mass is 556 g/mol. The van der Waals surface area contributed by atoms with Crippen LogP contribution in [0.2, 0.25) is 0 Å². The Morgan fingerprint density at radius 1 is 1.17 bits per heavy atom. The van der Waals surface area contributed by atoms with Crippen molar-refractivity contribution in [3.63, 3.8) is 0 Å². The third-order valence-corrected chi connectivity index (χ3v) is 7.12. The van der Waals surface area contributed by atoms with Crippen LogP contribution in [0.1, 0.15) is 37.9 Å². The normalized spacial score (nSPS) is 15.5. The predicted octanol–water partition coefficient (Wildman–Crippen LogP) is 3.97. The van der Waals surface area contributed by atoms with Crippen molar-refractivity contribution >= 4 is 39.3 Å². The van der Waals surface area contributed by atoms with Crippen molar-refractivity contribution in [2.75, 3.05) is 20.3 Å². The molecule has 0 aliphatic carbocycles. The summed E-state index contributed by atoms with van der Waals surface area (Å²) in [6.07, 6.45) is 1.80. The number of ether oxygens (including phenoxy) is 3. The van der Waals surface area contributed by atoms with Gasteiger partial charge in [-0.15, -0.1) is 0 Å². The molecule has 2 aromatic carbocycles. The molecule has 1 aliphatic heterocycles. The van der Waals surface area contributed by atoms with E-state index in [1.807, 2.05) is 43.3 Å². The van der Waals surface area contributed by atoms with Crippen molar-refractivity contribution < 1.29 is 19.0 Å². The number of benzene rings is 2. The predicted molar refractivity (Wildman–Crippen MR) is 139 cm³/mol. The molecule has 1 aromatic heterocycles. The lowest BCUT2D eigenvalue weighted by molar-refractivity contribution is -0.139. The van der Waals surface area contributed by atoms with Crippen LogP contribution in [0.5, 0.6) is 11.5 Å². The smallest absolute Gasteiger partial charge is 0.338 e. The Balaban J connectivity index is 1.96. The number of nitrogens with zero attached hydrogens (tertiary/aromatic N) is 2. The van der Waals surface area contributed by atoms with E-state index in [2.05, 4.69) is 20.9 Å². The van der Waals surface area contributed by atoms with E-state index < -0.39 is 12.0 Å². The lowest BCUT2D eigenvalue weighted by Gasteiger charge is -2.25. The summed E-state index contributed by atoms with van der Waals surface area (Å²) in [7, 11) is 1.58. The van der Waals surface area contributed by atoms with Gasteiger partial charge in [-0.25, -0.2) is 9.79 Å². The Morgan fingerprint density at radius 2 is 1.94 bits per heavy atom. The Hall–Kier alpha value is -3.17. The maximum atomic E-state index is 13.7. The lowest BCUT2D eigenvalue weighted by atomic mass is 9.96. The summed E-state index contributed by atoms with van der Waals surface area (Å²) in [5.74, 6) is 0.841. The van der Waals surface area contributed by atoms with Crippen LogP contribution in [0.15, 0.2) is 68.0 Å². The molecule has 0 saturated carbocycles. The van der Waals surface area contributed by atoms with E-state index in [1.165, 1.54) is 11.3 Å². The van der Waals surface area contributed by atoms with Gasteiger partial charge in [0.2, 0.25) is 0 Å². The molecule has 3 aromatic rings. The minimum Gasteiger partial charge on any atom is -0.496 e. The van der Waals surface area contributed by atoms with Crippen molar-refractivity contribution in [2.24, 2.45) is 4.99 Å². The standard InChI is InChI=1S/C26H25BrN2O5S/c1-5-33-19-10-8-7-9-16(19)14-21-24(30)29-23(17-11-12-20(32-4)18(27)13-17)22(25(31)34-6-2)15(3)28-26(29)35-21/h7-14,23H,5-6H2,1-4H3/b21-14+/t23-/m1/s1. The summed E-state index contributed by atoms with van der Waals surface area (Å²) in [6, 6.07) is 12.3. The number of rotatable bonds is 7. The molecule has 0 fully saturated rings. The van der Waals surface area contributed by atoms with E-state index in [4.69, 9.17) is 14.2 Å². The maximum Gasteiger partial charge on any atom is 0.338 e. The van der Waals surface area contributed by atoms with Gasteiger partial charge >= 0.3 is 5.97 Å². The van der Waals surface area contributed by atoms with Crippen LogP contribution in [0.4, 0.5) is 0 Å². The average Bonchev–Trinajstić information content (AvgIpc) is 3.14. The molecule has 1 atom stereocenters. The number of hydrogen-bond donors (Lipinski definition) is 0. The second-order valence-corrected chi connectivity index (χ2v) is 9.53. The molecule has 0 saturated heterocycles. The van der Waals surface area contributed by atoms with Crippen molar-refractivity contribution in [1.29, 1.82) is 0 Å². The first-order valence-corrected chi connectivity index (χ1v) is 12.7. The molecule has 35 heavy (non-hydrogen) atoms. The second kappa shape index (κ2) is 10.6. The number of carbonyl (C=O) groups excluding carboxylic acids is 1. The molecule has 0 unspecified atom stereocenters. The Morgan fingerprint density at radius 3 is 2.63 bits per heavy atom. The van der Waals surface area contributed by atoms with Crippen molar-refractivity contribution in [1.82, 2.24) is 4.57 Å². The molecular formula is C26H25BrN2O5S. The van der Waals surface area contributed by atoms with Gasteiger partial charge in [-0.2, -0.15) is 0 Å². The third-order valence-electron chi connectivity index (χ3n) is 5.51. The molecule has 182 valence electrons. The number of para-hydroxylation sites is 1. The minimum absolute atomic E-state index is 0.216. The number of esters is 1. The number of hydrogen-bond acceptors (Lipinski definition) is 7. The molecule has 9 heteroatoms. The van der Waals surface area contributed by atoms with Crippen molar-refractivity contribution in [3.8, 4) is 11.5 Å². The summed E-state index contributed by atoms with van der Waals surface area (Å²) in [6.45, 7) is 6.16. The van der Waals surface area contributed by atoms with Crippen LogP contribution in [-0.4, -0.2) is 30.9 Å². The molecule has 0 radical (unpaired) electrons. The van der Waals surface area contributed by atoms with E-state index in [0.29, 0.717) is 43.2 Å². The van der Waals surface area contributed by atoms with Crippen LogP contribution in [0.3, 0.4) is 0 Å². The summed E-state index contributed by atoms with van der Waals surface area (Å²) in [5.41, 5.74) is 2.13. The van der Waals surface area contributed by atoms with Gasteiger partial charge < -0.3 is 14.2 Å². The molecule has 4 rings (SSSR count). The van der Waals surface area contributed by atoms with E-state index in [1.54, 1.807) is 37.7 Å². The summed E-state index contributed by atoms with van der Waals surface area (Å²) < 4.78 is 19.2. The Kier molecular flexibility index (Phi) is 7.57. The minimum atomic E-state index is -0.697. The molecule has 0 bridgehead atoms. The maximum absolute atomic E-state index is 13.7. The molecule has 2 heterocycles. The van der Waals surface area contributed by atoms with E-state index in [-0.39, 0.29) is 12.2 Å². The second-order valence-electron chi connectivity index (χ2n) is 7.67. The number of halogens is 1. The van der Waals surface area contributed by atoms with Crippen molar-refractivity contribution in [3.05, 3.63) is 89.0 Å². The van der Waals surface area contributed by atoms with Gasteiger partial charge in [-0.1, -0.05) is 35.6 Å². The van der Waals surface area contributed by atoms with E-state index >= 15 is 0 Å². The highest BCUT2D eigenvalue weighted by Gasteiger charge is 2.33. The van der Waals surface area contributed by atoms with E-state index in [0.717, 1.165) is 11.1 Å². The highest BCUT2D eigenvalue weighted by Crippen LogP contribution is 2.35. The number of aromatic nitrogens is 1. The first kappa shape index (κ1) is 24.9. The first-order chi connectivity index (χ1) is 16.9. The SMILES string of the molecule is CCOC(=O)C1=C(C)N=c2s/c(=C/c3ccccc3OCC)c(=O)n2[C@@H]1c1ccc(OC)c(Br)c1. The van der Waals surface area contributed by atoms with Crippen LogP contribution in [0, 0.1) is 0 Å². The average molecular weight is 557 g/mol. The van der Waals surface area contributed by atoms with Gasteiger partial charge in [0.25, 0.3) is 5.56 Å². The molecular weight excluding hydrogens is 532 g/mol. The zero-order valence-corrected chi connectivity index (χ0v) is 22.2. The van der Waals surface area contributed by atoms with Crippen LogP contribution >= 0.6 is 27.3 Å². The summed E-state index contributed by atoms with van der Waals surface area (Å²) in [5, 5.41) is 0. The number of methoxy groups -OCH3 is 1. The van der Waals surface area contributed by atoms with Crippen LogP contribution in [0.25, 0.3) is 6.08 Å². The highest BCUT2D eigenvalue weighted by molar-refractivity contribution is 9.10. The fourth-order valence-corrected chi connectivity index (χ4v) is 5.58. The van der Waals surface area contributed by atoms with Gasteiger partial charge in [0.05, 0.1) is 46.6 Å². The molecule has 0 N–H and O–H groups in total. The molecule has 1 aliphatic rings.